The summed E-state index contributed by atoms with van der Waals surface area (Å²) in [6, 6.07) is 26.0. The highest BCUT2D eigenvalue weighted by Crippen LogP contribution is 2.25. The summed E-state index contributed by atoms with van der Waals surface area (Å²) < 4.78 is 15.7. The van der Waals surface area contributed by atoms with Crippen molar-refractivity contribution in [1.29, 1.82) is 0 Å². The fraction of sp³-hybridized carbons (Fsp3) is 0.208. The molecular weight excluding hydrogens is 363 g/mol. The largest absolute Gasteiger partial charge is 0.294 e. The second kappa shape index (κ2) is 7.33. The first kappa shape index (κ1) is 17.9. The van der Waals surface area contributed by atoms with Crippen LogP contribution < -0.4 is 9.80 Å². The maximum atomic E-state index is 13.4. The first-order valence-corrected chi connectivity index (χ1v) is 10.0. The van der Waals surface area contributed by atoms with Crippen LogP contribution in [0.5, 0.6) is 0 Å². The average Bonchev–Trinajstić information content (AvgIpc) is 3.14. The van der Waals surface area contributed by atoms with Gasteiger partial charge in [0.25, 0.3) is 0 Å². The van der Waals surface area contributed by atoms with Gasteiger partial charge in [0, 0.05) is 5.56 Å². The Morgan fingerprint density at radius 1 is 0.931 bits per heavy atom. The topological polar surface area (TPSA) is 25.5 Å². The van der Waals surface area contributed by atoms with E-state index in [1.54, 1.807) is 12.1 Å². The van der Waals surface area contributed by atoms with Gasteiger partial charge in [0.15, 0.2) is 13.3 Å². The number of hydrogen-bond donors (Lipinski definition) is 1. The summed E-state index contributed by atoms with van der Waals surface area (Å²) >= 11 is 0. The zero-order valence-corrected chi connectivity index (χ0v) is 16.4. The fourth-order valence-electron chi connectivity index (χ4n) is 4.22. The van der Waals surface area contributed by atoms with Crippen molar-refractivity contribution in [3.63, 3.8) is 0 Å². The van der Waals surface area contributed by atoms with Gasteiger partial charge in [-0.2, -0.15) is 0 Å². The van der Waals surface area contributed by atoms with E-state index < -0.39 is 0 Å². The Morgan fingerprint density at radius 2 is 1.66 bits per heavy atom. The van der Waals surface area contributed by atoms with E-state index in [2.05, 4.69) is 58.9 Å². The third kappa shape index (κ3) is 3.38. The van der Waals surface area contributed by atoms with Crippen molar-refractivity contribution in [1.82, 2.24) is 9.55 Å². The zero-order valence-electron chi connectivity index (χ0n) is 16.4. The number of para-hydroxylation sites is 2. The van der Waals surface area contributed by atoms with E-state index in [1.807, 2.05) is 24.3 Å². The number of aromatic nitrogens is 2. The fourth-order valence-corrected chi connectivity index (χ4v) is 4.22. The van der Waals surface area contributed by atoms with Gasteiger partial charge in [0.1, 0.15) is 11.9 Å². The molecule has 2 heterocycles. The van der Waals surface area contributed by atoms with Gasteiger partial charge in [-0.3, -0.25) is 14.4 Å². The van der Waals surface area contributed by atoms with Crippen LogP contribution in [0.25, 0.3) is 11.0 Å². The highest BCUT2D eigenvalue weighted by Gasteiger charge is 2.32. The average molecular weight is 387 g/mol. The number of anilines is 1. The molecule has 5 rings (SSSR count). The van der Waals surface area contributed by atoms with E-state index in [-0.39, 0.29) is 11.9 Å². The first-order chi connectivity index (χ1) is 14.2. The second-order valence-corrected chi connectivity index (χ2v) is 7.76. The zero-order chi connectivity index (χ0) is 19.8. The Balaban J connectivity index is 1.53. The van der Waals surface area contributed by atoms with Crippen LogP contribution in [-0.2, 0) is 13.2 Å². The van der Waals surface area contributed by atoms with Gasteiger partial charge >= 0.3 is 0 Å². The van der Waals surface area contributed by atoms with Crippen LogP contribution in [0.2, 0.25) is 0 Å². The molecule has 5 heteroatoms. The normalized spacial score (nSPS) is 17.3. The molecule has 1 aliphatic heterocycles. The van der Waals surface area contributed by atoms with Gasteiger partial charge in [-0.25, -0.2) is 9.37 Å². The number of quaternary nitrogens is 1. The van der Waals surface area contributed by atoms with Crippen molar-refractivity contribution in [2.45, 2.75) is 26.2 Å². The smallest absolute Gasteiger partial charge is 0.215 e. The predicted octanol–water partition coefficient (Wildman–Crippen LogP) is 3.76. The quantitative estimate of drug-likeness (QED) is 0.577. The van der Waals surface area contributed by atoms with Crippen LogP contribution in [0.1, 0.15) is 24.1 Å². The molecule has 0 saturated heterocycles. The molecule has 4 aromatic rings. The van der Waals surface area contributed by atoms with E-state index in [0.717, 1.165) is 42.4 Å². The Morgan fingerprint density at radius 3 is 2.45 bits per heavy atom. The highest BCUT2D eigenvalue weighted by molar-refractivity contribution is 5.78. The molecule has 146 valence electrons. The Hall–Kier alpha value is -3.18. The second-order valence-electron chi connectivity index (χ2n) is 7.76. The Bertz CT molecular complexity index is 1120. The van der Waals surface area contributed by atoms with Crippen LogP contribution in [0.15, 0.2) is 78.9 Å². The predicted molar refractivity (Wildman–Crippen MR) is 113 cm³/mol. The molecule has 4 nitrogen and oxygen atoms in total. The minimum absolute atomic E-state index is 0.191. The summed E-state index contributed by atoms with van der Waals surface area (Å²) in [6.45, 7) is 4.70. The van der Waals surface area contributed by atoms with Gasteiger partial charge in [-0.05, 0) is 36.8 Å². The van der Waals surface area contributed by atoms with Crippen LogP contribution in [-0.4, -0.2) is 16.2 Å². The molecule has 0 amide bonds. The maximum Gasteiger partial charge on any atom is 0.215 e. The number of halogens is 1. The van der Waals surface area contributed by atoms with E-state index in [1.165, 1.54) is 10.5 Å². The van der Waals surface area contributed by atoms with E-state index in [0.29, 0.717) is 0 Å². The monoisotopic (exact) mass is 387 g/mol. The van der Waals surface area contributed by atoms with Gasteiger partial charge in [0.05, 0.1) is 17.6 Å². The van der Waals surface area contributed by atoms with E-state index in [9.17, 15) is 4.39 Å². The van der Waals surface area contributed by atoms with E-state index in [4.69, 9.17) is 4.98 Å². The van der Waals surface area contributed by atoms with Crippen LogP contribution in [0.3, 0.4) is 0 Å². The summed E-state index contributed by atoms with van der Waals surface area (Å²) in [4.78, 5) is 8.70. The van der Waals surface area contributed by atoms with Crippen molar-refractivity contribution >= 4 is 17.0 Å². The van der Waals surface area contributed by atoms with Crippen molar-refractivity contribution in [2.75, 3.05) is 11.6 Å². The standard InChI is InChI=1S/C24H23FN4/c1-18(20-11-13-21(25)14-12-20)28-16-27(15-19-7-3-2-4-8-19)24-26-22-9-5-6-10-23(22)29(24)17-28/h2-14,18H,15-17H2,1H3/p+1/t18-/m1/s1. The molecule has 1 N–H and O–H groups in total. The molecule has 1 unspecified atom stereocenters. The number of nitrogens with one attached hydrogen (secondary N) is 1. The lowest BCUT2D eigenvalue weighted by Crippen LogP contribution is -3.14. The maximum absolute atomic E-state index is 13.4. The van der Waals surface area contributed by atoms with Crippen LogP contribution in [0, 0.1) is 5.82 Å². The summed E-state index contributed by atoms with van der Waals surface area (Å²) in [5.41, 5.74) is 4.59. The Kier molecular flexibility index (Phi) is 4.52. The lowest BCUT2D eigenvalue weighted by atomic mass is 10.1. The molecule has 0 bridgehead atoms. The number of imidazole rings is 1. The molecule has 0 spiro atoms. The summed E-state index contributed by atoms with van der Waals surface area (Å²) in [7, 11) is 0. The SMILES string of the molecule is C[C@H](c1ccc(F)cc1)[NH+]1CN(Cc2ccccc2)c2nc3ccccc3n2C1. The molecule has 0 fully saturated rings. The van der Waals surface area contributed by atoms with Gasteiger partial charge in [-0.15, -0.1) is 0 Å². The number of nitrogens with zero attached hydrogens (tertiary/aromatic N) is 3. The molecule has 1 aromatic heterocycles. The summed E-state index contributed by atoms with van der Waals surface area (Å²) in [5, 5.41) is 0. The first-order valence-electron chi connectivity index (χ1n) is 10.0. The summed E-state index contributed by atoms with van der Waals surface area (Å²) in [5.74, 6) is 0.827. The number of benzene rings is 3. The van der Waals surface area contributed by atoms with Gasteiger partial charge < -0.3 is 0 Å². The molecule has 2 atom stereocenters. The lowest BCUT2D eigenvalue weighted by Gasteiger charge is -2.37. The van der Waals surface area contributed by atoms with Gasteiger partial charge in [0.2, 0.25) is 5.95 Å². The molecule has 3 aromatic carbocycles. The Labute approximate surface area is 169 Å². The molecule has 0 radical (unpaired) electrons. The third-order valence-corrected chi connectivity index (χ3v) is 5.87. The van der Waals surface area contributed by atoms with Crippen molar-refractivity contribution in [3.8, 4) is 0 Å². The van der Waals surface area contributed by atoms with Crippen LogP contribution in [0.4, 0.5) is 10.3 Å². The number of fused-ring (bicyclic) bond motifs is 3. The molecule has 1 aliphatic rings. The highest BCUT2D eigenvalue weighted by atomic mass is 19.1. The molecular formula is C24H24FN4+. The van der Waals surface area contributed by atoms with Crippen LogP contribution >= 0.6 is 0 Å². The summed E-state index contributed by atoms with van der Waals surface area (Å²) in [6.07, 6.45) is 0. The number of rotatable bonds is 4. The van der Waals surface area contributed by atoms with Crippen molar-refractivity contribution < 1.29 is 9.29 Å². The lowest BCUT2D eigenvalue weighted by molar-refractivity contribution is -0.953. The molecule has 0 saturated carbocycles. The van der Waals surface area contributed by atoms with Crippen molar-refractivity contribution in [3.05, 3.63) is 95.8 Å². The minimum Gasteiger partial charge on any atom is -0.294 e. The van der Waals surface area contributed by atoms with Gasteiger partial charge in [-0.1, -0.05) is 54.6 Å². The molecule has 0 aliphatic carbocycles. The van der Waals surface area contributed by atoms with Crippen molar-refractivity contribution in [2.24, 2.45) is 0 Å². The third-order valence-electron chi connectivity index (χ3n) is 5.87. The van der Waals surface area contributed by atoms with E-state index >= 15 is 0 Å². The number of hydrogen-bond acceptors (Lipinski definition) is 2. The minimum atomic E-state index is -0.191. The molecule has 29 heavy (non-hydrogen) atoms.